The number of carbonyl (C=O) groups excluding carboxylic acids is 2. The van der Waals surface area contributed by atoms with Crippen LogP contribution in [0.3, 0.4) is 0 Å². The number of benzene rings is 1. The van der Waals surface area contributed by atoms with Crippen LogP contribution >= 0.6 is 0 Å². The summed E-state index contributed by atoms with van der Waals surface area (Å²) in [6.07, 6.45) is 1.91. The van der Waals surface area contributed by atoms with Crippen molar-refractivity contribution in [1.29, 1.82) is 0 Å². The van der Waals surface area contributed by atoms with Crippen molar-refractivity contribution in [1.82, 2.24) is 30.3 Å². The maximum absolute atomic E-state index is 13.4. The number of nitrogens with one attached hydrogen (secondary N) is 3. The van der Waals surface area contributed by atoms with Crippen molar-refractivity contribution < 1.29 is 22.8 Å². The zero-order chi connectivity index (χ0) is 29.3. The molecule has 9 nitrogen and oxygen atoms in total. The zero-order valence-corrected chi connectivity index (χ0v) is 23.5. The van der Waals surface area contributed by atoms with Crippen LogP contribution < -0.4 is 16.0 Å². The highest BCUT2D eigenvalue weighted by Crippen LogP contribution is 2.36. The van der Waals surface area contributed by atoms with Gasteiger partial charge in [-0.05, 0) is 82.2 Å². The Labute approximate surface area is 236 Å². The molecule has 41 heavy (non-hydrogen) atoms. The second kappa shape index (κ2) is 11.7. The summed E-state index contributed by atoms with van der Waals surface area (Å²) in [4.78, 5) is 32.1. The molecule has 0 atom stereocenters. The number of pyridine rings is 1. The summed E-state index contributed by atoms with van der Waals surface area (Å²) in [6, 6.07) is 7.07. The van der Waals surface area contributed by atoms with Gasteiger partial charge in [-0.2, -0.15) is 17.9 Å². The van der Waals surface area contributed by atoms with E-state index in [9.17, 15) is 22.8 Å². The Balaban J connectivity index is 1.14. The van der Waals surface area contributed by atoms with Crippen LogP contribution in [0.25, 0.3) is 10.9 Å². The number of carbonyl (C=O) groups is 2. The van der Waals surface area contributed by atoms with E-state index < -0.39 is 17.8 Å². The highest BCUT2D eigenvalue weighted by molar-refractivity contribution is 5.98. The topological polar surface area (TPSA) is 104 Å². The van der Waals surface area contributed by atoms with Crippen LogP contribution in [0.15, 0.2) is 36.5 Å². The lowest BCUT2D eigenvalue weighted by atomic mass is 9.81. The maximum atomic E-state index is 13.4. The van der Waals surface area contributed by atoms with Gasteiger partial charge >= 0.3 is 12.2 Å². The lowest BCUT2D eigenvalue weighted by molar-refractivity contribution is -0.137. The second-order valence-electron chi connectivity index (χ2n) is 11.4. The van der Waals surface area contributed by atoms with E-state index in [1.54, 1.807) is 13.8 Å². The molecule has 1 aliphatic heterocycles. The van der Waals surface area contributed by atoms with Crippen molar-refractivity contribution in [2.45, 2.75) is 76.7 Å². The van der Waals surface area contributed by atoms with E-state index in [0.29, 0.717) is 12.0 Å². The van der Waals surface area contributed by atoms with Gasteiger partial charge < -0.3 is 16.0 Å². The van der Waals surface area contributed by atoms with Crippen LogP contribution in [0.4, 0.5) is 23.8 Å². The van der Waals surface area contributed by atoms with Crippen molar-refractivity contribution in [3.05, 3.63) is 53.3 Å². The molecule has 12 heteroatoms. The highest BCUT2D eigenvalue weighted by Gasteiger charge is 2.36. The van der Waals surface area contributed by atoms with Crippen LogP contribution in [0.1, 0.15) is 62.3 Å². The number of alkyl halides is 3. The zero-order valence-electron chi connectivity index (χ0n) is 23.5. The molecule has 2 aromatic heterocycles. The summed E-state index contributed by atoms with van der Waals surface area (Å²) >= 11 is 0. The van der Waals surface area contributed by atoms with Gasteiger partial charge in [0, 0.05) is 42.5 Å². The minimum Gasteiger partial charge on any atom is -0.359 e. The van der Waals surface area contributed by atoms with Crippen LogP contribution in [0.5, 0.6) is 0 Å². The molecule has 2 aliphatic rings. The molecular weight excluding hydrogens is 535 g/mol. The first-order valence-corrected chi connectivity index (χ1v) is 14.1. The third kappa shape index (κ3) is 6.64. The van der Waals surface area contributed by atoms with Gasteiger partial charge in [0.2, 0.25) is 5.91 Å². The standard InChI is InChI=1S/C29H36F3N7O2/c1-17(2)35-28(41)39-25-11-8-21(29(30,31)32)12-24(25)27(37-39)34-14-26(40)36-22-15-38(16-22)23-9-6-19(7-10-23)20-5-4-18(3)33-13-20/h4-5,8,11-13,17,19,22-23H,6-7,9-10,14-16H2,1-3H3,(H,34,37)(H,35,41)(H,36,40). The SMILES string of the molecule is Cc1ccc(C2CCC(N3CC(NC(=O)CNc4nn(C(=O)NC(C)C)c5ccc(C(F)(F)F)cc45)C3)CC2)cn1. The number of rotatable bonds is 7. The molecule has 1 aromatic carbocycles. The Morgan fingerprint density at radius 1 is 1.07 bits per heavy atom. The maximum Gasteiger partial charge on any atom is 0.416 e. The van der Waals surface area contributed by atoms with Crippen LogP contribution in [-0.2, 0) is 11.0 Å². The predicted molar refractivity (Wildman–Crippen MR) is 150 cm³/mol. The van der Waals surface area contributed by atoms with Gasteiger partial charge in [-0.3, -0.25) is 14.7 Å². The van der Waals surface area contributed by atoms with Crippen molar-refractivity contribution in [2.75, 3.05) is 25.0 Å². The third-order valence-corrected chi connectivity index (χ3v) is 7.92. The molecule has 220 valence electrons. The van der Waals surface area contributed by atoms with E-state index in [4.69, 9.17) is 0 Å². The molecule has 3 aromatic rings. The van der Waals surface area contributed by atoms with Gasteiger partial charge in [-0.1, -0.05) is 6.07 Å². The van der Waals surface area contributed by atoms with E-state index >= 15 is 0 Å². The van der Waals surface area contributed by atoms with Crippen molar-refractivity contribution in [3.8, 4) is 0 Å². The summed E-state index contributed by atoms with van der Waals surface area (Å²) in [5.74, 6) is 0.299. The molecule has 2 amide bonds. The third-order valence-electron chi connectivity index (χ3n) is 7.92. The van der Waals surface area contributed by atoms with Gasteiger partial charge in [-0.15, -0.1) is 5.10 Å². The Kier molecular flexibility index (Phi) is 8.21. The fourth-order valence-corrected chi connectivity index (χ4v) is 5.73. The van der Waals surface area contributed by atoms with Gasteiger partial charge in [-0.25, -0.2) is 4.79 Å². The first kappa shape index (κ1) is 28.8. The summed E-state index contributed by atoms with van der Waals surface area (Å²) in [6.45, 7) is 6.90. The Hall–Kier alpha value is -3.67. The molecule has 3 heterocycles. The fraction of sp³-hybridized carbons (Fsp3) is 0.517. The molecule has 1 aliphatic carbocycles. The number of nitrogens with zero attached hydrogens (tertiary/aromatic N) is 4. The van der Waals surface area contributed by atoms with E-state index in [0.717, 1.165) is 61.3 Å². The van der Waals surface area contributed by atoms with Crippen molar-refractivity contribution in [3.63, 3.8) is 0 Å². The molecule has 0 spiro atoms. The highest BCUT2D eigenvalue weighted by atomic mass is 19.4. The van der Waals surface area contributed by atoms with Crippen molar-refractivity contribution in [2.24, 2.45) is 0 Å². The summed E-state index contributed by atoms with van der Waals surface area (Å²) < 4.78 is 41.1. The summed E-state index contributed by atoms with van der Waals surface area (Å²) in [5.41, 5.74) is 1.68. The number of amides is 2. The van der Waals surface area contributed by atoms with Gasteiger partial charge in [0.15, 0.2) is 5.82 Å². The number of hydrogen-bond acceptors (Lipinski definition) is 6. The largest absolute Gasteiger partial charge is 0.416 e. The van der Waals surface area contributed by atoms with E-state index in [2.05, 4.69) is 43.1 Å². The molecule has 1 saturated heterocycles. The Morgan fingerprint density at radius 2 is 1.80 bits per heavy atom. The normalized spacial score (nSPS) is 20.2. The van der Waals surface area contributed by atoms with E-state index in [1.165, 1.54) is 11.6 Å². The van der Waals surface area contributed by atoms with Gasteiger partial charge in [0.25, 0.3) is 0 Å². The monoisotopic (exact) mass is 571 g/mol. The summed E-state index contributed by atoms with van der Waals surface area (Å²) in [7, 11) is 0. The van der Waals surface area contributed by atoms with Gasteiger partial charge in [0.05, 0.1) is 23.7 Å². The summed E-state index contributed by atoms with van der Waals surface area (Å²) in [5, 5.41) is 12.8. The minimum atomic E-state index is -4.56. The van der Waals surface area contributed by atoms with Gasteiger partial charge in [0.1, 0.15) is 0 Å². The smallest absolute Gasteiger partial charge is 0.359 e. The molecule has 0 unspecified atom stereocenters. The van der Waals surface area contributed by atoms with Crippen LogP contribution in [0, 0.1) is 6.92 Å². The second-order valence-corrected chi connectivity index (χ2v) is 11.4. The van der Waals surface area contributed by atoms with E-state index in [-0.39, 0.29) is 41.3 Å². The Bertz CT molecular complexity index is 1390. The number of aromatic nitrogens is 3. The average molecular weight is 572 g/mol. The molecule has 0 bridgehead atoms. The number of anilines is 1. The first-order chi connectivity index (χ1) is 19.5. The minimum absolute atomic E-state index is 0.0197. The lowest BCUT2D eigenvalue weighted by Crippen LogP contribution is -2.63. The molecule has 0 radical (unpaired) electrons. The van der Waals surface area contributed by atoms with Crippen LogP contribution in [0.2, 0.25) is 0 Å². The molecule has 5 rings (SSSR count). The number of likely N-dealkylation sites (tertiary alicyclic amines) is 1. The van der Waals surface area contributed by atoms with Crippen LogP contribution in [-0.4, -0.2) is 69.4 Å². The fourth-order valence-electron chi connectivity index (χ4n) is 5.73. The Morgan fingerprint density at radius 3 is 2.44 bits per heavy atom. The molecule has 2 fully saturated rings. The quantitative estimate of drug-likeness (QED) is 0.381. The first-order valence-electron chi connectivity index (χ1n) is 14.1. The predicted octanol–water partition coefficient (Wildman–Crippen LogP) is 4.66. The molecule has 1 saturated carbocycles. The number of halogens is 3. The van der Waals surface area contributed by atoms with E-state index in [1.807, 2.05) is 13.1 Å². The molecule has 3 N–H and O–H groups in total. The molecular formula is C29H36F3N7O2. The average Bonchev–Trinajstić information content (AvgIpc) is 3.27. The number of fused-ring (bicyclic) bond motifs is 1. The van der Waals surface area contributed by atoms with Crippen molar-refractivity contribution >= 4 is 28.7 Å². The number of aryl methyl sites for hydroxylation is 1. The lowest BCUT2D eigenvalue weighted by Gasteiger charge is -2.46. The number of hydrogen-bond donors (Lipinski definition) is 3.